The lowest BCUT2D eigenvalue weighted by atomic mass is 10.0. The summed E-state index contributed by atoms with van der Waals surface area (Å²) in [6.07, 6.45) is 4.85. The van der Waals surface area contributed by atoms with Gasteiger partial charge in [-0.3, -0.25) is 0 Å². The smallest absolute Gasteiger partial charge is 0.134 e. The van der Waals surface area contributed by atoms with Gasteiger partial charge in [0.2, 0.25) is 0 Å². The van der Waals surface area contributed by atoms with Crippen molar-refractivity contribution in [3.05, 3.63) is 22.2 Å². The summed E-state index contributed by atoms with van der Waals surface area (Å²) in [5.74, 6) is 2.09. The van der Waals surface area contributed by atoms with E-state index in [1.54, 1.807) is 6.07 Å². The predicted octanol–water partition coefficient (Wildman–Crippen LogP) is 4.08. The summed E-state index contributed by atoms with van der Waals surface area (Å²) >= 11 is 11.7. The highest BCUT2D eigenvalue weighted by atomic mass is 35.5. The van der Waals surface area contributed by atoms with E-state index in [9.17, 15) is 0 Å². The van der Waals surface area contributed by atoms with Crippen LogP contribution in [0.5, 0.6) is 0 Å². The van der Waals surface area contributed by atoms with Crippen molar-refractivity contribution < 1.29 is 0 Å². The lowest BCUT2D eigenvalue weighted by Gasteiger charge is -2.09. The van der Waals surface area contributed by atoms with E-state index in [4.69, 9.17) is 23.2 Å². The number of hydrogen-bond acceptors (Lipinski definition) is 2. The van der Waals surface area contributed by atoms with Crippen LogP contribution in [0.3, 0.4) is 0 Å². The second-order valence-electron chi connectivity index (χ2n) is 4.16. The van der Waals surface area contributed by atoms with Gasteiger partial charge in [-0.1, -0.05) is 36.5 Å². The molecule has 1 fully saturated rings. The monoisotopic (exact) mass is 244 g/mol. The van der Waals surface area contributed by atoms with Gasteiger partial charge >= 0.3 is 0 Å². The fraction of sp³-hybridized carbons (Fsp3) is 0.636. The Kier molecular flexibility index (Phi) is 3.47. The minimum atomic E-state index is 0.449. The number of rotatable bonds is 2. The fourth-order valence-corrected chi connectivity index (χ4v) is 2.71. The van der Waals surface area contributed by atoms with Gasteiger partial charge < -0.3 is 0 Å². The van der Waals surface area contributed by atoms with Crippen molar-refractivity contribution in [3.63, 3.8) is 0 Å². The highest BCUT2D eigenvalue weighted by Gasteiger charge is 2.26. The zero-order valence-corrected chi connectivity index (χ0v) is 10.2. The number of halogens is 2. The Bertz CT molecular complexity index is 334. The Balaban J connectivity index is 2.16. The van der Waals surface area contributed by atoms with Gasteiger partial charge in [0.15, 0.2) is 0 Å². The first-order valence-electron chi connectivity index (χ1n) is 5.39. The summed E-state index contributed by atoms with van der Waals surface area (Å²) in [6, 6.07) is 1.58. The second-order valence-corrected chi connectivity index (χ2v) is 4.93. The van der Waals surface area contributed by atoms with E-state index in [0.717, 1.165) is 18.2 Å². The third-order valence-corrected chi connectivity index (χ3v) is 3.55. The summed E-state index contributed by atoms with van der Waals surface area (Å²) in [7, 11) is 0. The largest absolute Gasteiger partial charge is 0.221 e. The van der Waals surface area contributed by atoms with Crippen molar-refractivity contribution in [1.29, 1.82) is 0 Å². The lowest BCUT2D eigenvalue weighted by molar-refractivity contribution is 0.516. The van der Waals surface area contributed by atoms with Gasteiger partial charge in [0.1, 0.15) is 16.1 Å². The molecule has 2 unspecified atom stereocenters. The van der Waals surface area contributed by atoms with Crippen LogP contribution in [0.4, 0.5) is 0 Å². The van der Waals surface area contributed by atoms with E-state index in [-0.39, 0.29) is 0 Å². The van der Waals surface area contributed by atoms with Crippen molar-refractivity contribution >= 4 is 23.2 Å². The second kappa shape index (κ2) is 4.67. The molecule has 1 aromatic rings. The van der Waals surface area contributed by atoms with E-state index in [0.29, 0.717) is 16.2 Å². The number of hydrogen-bond donors (Lipinski definition) is 0. The zero-order chi connectivity index (χ0) is 10.8. The number of aromatic nitrogens is 2. The van der Waals surface area contributed by atoms with Crippen LogP contribution < -0.4 is 0 Å². The molecule has 0 amide bonds. The van der Waals surface area contributed by atoms with E-state index < -0.39 is 0 Å². The Morgan fingerprint density at radius 3 is 2.47 bits per heavy atom. The van der Waals surface area contributed by atoms with Crippen LogP contribution in [-0.2, 0) is 0 Å². The molecule has 0 aromatic carbocycles. The van der Waals surface area contributed by atoms with Gasteiger partial charge in [-0.25, -0.2) is 9.97 Å². The predicted molar refractivity (Wildman–Crippen MR) is 62.4 cm³/mol. The van der Waals surface area contributed by atoms with Crippen molar-refractivity contribution in [3.8, 4) is 0 Å². The molecule has 1 heterocycles. The molecule has 0 saturated heterocycles. The zero-order valence-electron chi connectivity index (χ0n) is 8.71. The van der Waals surface area contributed by atoms with Gasteiger partial charge in [0.25, 0.3) is 0 Å². The van der Waals surface area contributed by atoms with Crippen LogP contribution in [0.2, 0.25) is 10.3 Å². The molecule has 0 bridgehead atoms. The molecule has 4 heteroatoms. The van der Waals surface area contributed by atoms with Crippen LogP contribution in [-0.4, -0.2) is 9.97 Å². The van der Waals surface area contributed by atoms with E-state index in [1.165, 1.54) is 19.3 Å². The SMILES string of the molecule is CCC1CCC(c2nc(Cl)cc(Cl)n2)C1. The molecule has 1 aliphatic rings. The van der Waals surface area contributed by atoms with Gasteiger partial charge in [-0.05, 0) is 25.2 Å². The van der Waals surface area contributed by atoms with Crippen LogP contribution in [0.25, 0.3) is 0 Å². The minimum absolute atomic E-state index is 0.449. The average molecular weight is 245 g/mol. The third kappa shape index (κ3) is 2.61. The molecule has 1 saturated carbocycles. The Morgan fingerprint density at radius 1 is 1.27 bits per heavy atom. The van der Waals surface area contributed by atoms with Crippen molar-refractivity contribution in [2.24, 2.45) is 5.92 Å². The Hall–Kier alpha value is -0.340. The molecular formula is C11H14Cl2N2. The summed E-state index contributed by atoms with van der Waals surface area (Å²) in [5, 5.41) is 0.898. The van der Waals surface area contributed by atoms with Gasteiger partial charge in [0, 0.05) is 12.0 Å². The van der Waals surface area contributed by atoms with Crippen LogP contribution >= 0.6 is 23.2 Å². The molecule has 1 aliphatic carbocycles. The van der Waals surface area contributed by atoms with E-state index in [2.05, 4.69) is 16.9 Å². The quantitative estimate of drug-likeness (QED) is 0.733. The molecule has 0 aliphatic heterocycles. The molecule has 0 radical (unpaired) electrons. The summed E-state index contributed by atoms with van der Waals surface area (Å²) in [5.41, 5.74) is 0. The summed E-state index contributed by atoms with van der Waals surface area (Å²) < 4.78 is 0. The summed E-state index contributed by atoms with van der Waals surface area (Å²) in [6.45, 7) is 2.23. The Labute approximate surface area is 100 Å². The minimum Gasteiger partial charge on any atom is -0.221 e. The van der Waals surface area contributed by atoms with E-state index in [1.807, 2.05) is 0 Å². The standard InChI is InChI=1S/C11H14Cl2N2/c1-2-7-3-4-8(5-7)11-14-9(12)6-10(13)15-11/h6-8H,2-5H2,1H3. The first-order chi connectivity index (χ1) is 7.19. The number of nitrogens with zero attached hydrogens (tertiary/aromatic N) is 2. The maximum Gasteiger partial charge on any atom is 0.134 e. The molecule has 2 rings (SSSR count). The topological polar surface area (TPSA) is 25.8 Å². The van der Waals surface area contributed by atoms with Crippen molar-refractivity contribution in [2.75, 3.05) is 0 Å². The summed E-state index contributed by atoms with van der Waals surface area (Å²) in [4.78, 5) is 8.51. The van der Waals surface area contributed by atoms with Gasteiger partial charge in [-0.2, -0.15) is 0 Å². The highest BCUT2D eigenvalue weighted by molar-refractivity contribution is 6.33. The molecule has 15 heavy (non-hydrogen) atoms. The van der Waals surface area contributed by atoms with Crippen molar-refractivity contribution in [1.82, 2.24) is 9.97 Å². The molecule has 2 nitrogen and oxygen atoms in total. The van der Waals surface area contributed by atoms with Crippen LogP contribution in [0.15, 0.2) is 6.07 Å². The van der Waals surface area contributed by atoms with Gasteiger partial charge in [0.05, 0.1) is 0 Å². The molecule has 82 valence electrons. The molecule has 1 aromatic heterocycles. The van der Waals surface area contributed by atoms with Crippen LogP contribution in [0.1, 0.15) is 44.3 Å². The fourth-order valence-electron chi connectivity index (χ4n) is 2.27. The van der Waals surface area contributed by atoms with Crippen molar-refractivity contribution in [2.45, 2.75) is 38.5 Å². The van der Waals surface area contributed by atoms with E-state index >= 15 is 0 Å². The third-order valence-electron chi connectivity index (χ3n) is 3.16. The molecule has 0 spiro atoms. The Morgan fingerprint density at radius 2 is 1.93 bits per heavy atom. The first kappa shape index (κ1) is 11.2. The highest BCUT2D eigenvalue weighted by Crippen LogP contribution is 2.38. The molecule has 0 N–H and O–H groups in total. The first-order valence-corrected chi connectivity index (χ1v) is 6.14. The normalized spacial score (nSPS) is 25.8. The molecular weight excluding hydrogens is 231 g/mol. The van der Waals surface area contributed by atoms with Gasteiger partial charge in [-0.15, -0.1) is 0 Å². The maximum atomic E-state index is 5.86. The van der Waals surface area contributed by atoms with Crippen LogP contribution in [0, 0.1) is 5.92 Å². The average Bonchev–Trinajstić information content (AvgIpc) is 2.64. The maximum absolute atomic E-state index is 5.86. The lowest BCUT2D eigenvalue weighted by Crippen LogP contribution is -2.01. The molecule has 2 atom stereocenters.